The minimum Gasteiger partial charge on any atom is -0.494 e. The first-order valence-electron chi connectivity index (χ1n) is 8.01. The molecule has 1 amide bonds. The fourth-order valence-electron chi connectivity index (χ4n) is 2.33. The normalized spacial score (nSPS) is 10.9. The third kappa shape index (κ3) is 4.84. The molecule has 0 aliphatic heterocycles. The van der Waals surface area contributed by atoms with Gasteiger partial charge in [0.05, 0.1) is 23.4 Å². The Kier molecular flexibility index (Phi) is 6.29. The van der Waals surface area contributed by atoms with Gasteiger partial charge < -0.3 is 15.0 Å². The molecule has 5 nitrogen and oxygen atoms in total. The van der Waals surface area contributed by atoms with Gasteiger partial charge in [-0.15, -0.1) is 0 Å². The Bertz CT molecular complexity index is 930. The predicted octanol–water partition coefficient (Wildman–Crippen LogP) is 4.68. The Hall–Kier alpha value is -1.89. The number of rotatable bonds is 7. The van der Waals surface area contributed by atoms with Crippen molar-refractivity contribution < 1.29 is 9.53 Å². The smallest absolute Gasteiger partial charge is 0.230 e. The first kappa shape index (κ1) is 18.9. The van der Waals surface area contributed by atoms with E-state index in [9.17, 15) is 4.79 Å². The molecule has 0 aliphatic rings. The highest BCUT2D eigenvalue weighted by molar-refractivity contribution is 7.99. The molecule has 0 bridgehead atoms. The first-order valence-corrected chi connectivity index (χ1v) is 9.75. The Morgan fingerprint density at radius 3 is 2.88 bits per heavy atom. The molecule has 1 heterocycles. The first-order chi connectivity index (χ1) is 12.5. The number of aromatic amines is 1. The molecular formula is C18H17Cl2N3O2S. The van der Waals surface area contributed by atoms with Crippen LogP contribution in [0.2, 0.25) is 10.0 Å². The molecule has 2 aromatic carbocycles. The van der Waals surface area contributed by atoms with Crippen LogP contribution < -0.4 is 10.1 Å². The van der Waals surface area contributed by atoms with Gasteiger partial charge in [0.2, 0.25) is 5.91 Å². The molecule has 26 heavy (non-hydrogen) atoms. The second-order valence-electron chi connectivity index (χ2n) is 5.46. The lowest BCUT2D eigenvalue weighted by Crippen LogP contribution is -2.24. The summed E-state index contributed by atoms with van der Waals surface area (Å²) in [5, 5.41) is 4.63. The molecule has 0 saturated heterocycles. The van der Waals surface area contributed by atoms with Gasteiger partial charge in [-0.2, -0.15) is 0 Å². The summed E-state index contributed by atoms with van der Waals surface area (Å²) in [7, 11) is 0. The highest BCUT2D eigenvalue weighted by Gasteiger charge is 2.09. The van der Waals surface area contributed by atoms with Crippen molar-refractivity contribution in [1.29, 1.82) is 0 Å². The van der Waals surface area contributed by atoms with E-state index < -0.39 is 0 Å². The van der Waals surface area contributed by atoms with Crippen molar-refractivity contribution in [1.82, 2.24) is 15.3 Å². The molecule has 3 aromatic rings. The molecule has 3 rings (SSSR count). The molecular weight excluding hydrogens is 393 g/mol. The summed E-state index contributed by atoms with van der Waals surface area (Å²) in [5.74, 6) is 0.942. The van der Waals surface area contributed by atoms with Gasteiger partial charge in [-0.05, 0) is 36.8 Å². The van der Waals surface area contributed by atoms with Gasteiger partial charge in [-0.1, -0.05) is 41.0 Å². The van der Waals surface area contributed by atoms with Crippen LogP contribution in [-0.4, -0.2) is 28.2 Å². The van der Waals surface area contributed by atoms with E-state index in [4.69, 9.17) is 27.9 Å². The summed E-state index contributed by atoms with van der Waals surface area (Å²) in [5.41, 5.74) is 2.54. The van der Waals surface area contributed by atoms with E-state index >= 15 is 0 Å². The maximum Gasteiger partial charge on any atom is 0.230 e. The average molecular weight is 410 g/mol. The van der Waals surface area contributed by atoms with E-state index in [-0.39, 0.29) is 11.7 Å². The van der Waals surface area contributed by atoms with Crippen LogP contribution in [0.25, 0.3) is 11.0 Å². The Balaban J connectivity index is 1.54. The molecule has 8 heteroatoms. The van der Waals surface area contributed by atoms with Gasteiger partial charge in [-0.25, -0.2) is 4.98 Å². The van der Waals surface area contributed by atoms with Crippen LogP contribution in [0.15, 0.2) is 41.6 Å². The molecule has 2 N–H and O–H groups in total. The number of amides is 1. The fraction of sp³-hybridized carbons (Fsp3) is 0.222. The lowest BCUT2D eigenvalue weighted by Gasteiger charge is -2.06. The second kappa shape index (κ2) is 8.66. The number of benzene rings is 2. The number of ether oxygens (including phenoxy) is 1. The van der Waals surface area contributed by atoms with Crippen molar-refractivity contribution >= 4 is 51.9 Å². The number of nitrogens with one attached hydrogen (secondary N) is 2. The third-order valence-electron chi connectivity index (χ3n) is 3.57. The maximum atomic E-state index is 12.1. The van der Waals surface area contributed by atoms with Crippen LogP contribution in [0.1, 0.15) is 12.5 Å². The minimum atomic E-state index is -0.100. The highest BCUT2D eigenvalue weighted by Crippen LogP contribution is 2.24. The monoisotopic (exact) mass is 409 g/mol. The molecule has 0 atom stereocenters. The van der Waals surface area contributed by atoms with Gasteiger partial charge in [0.25, 0.3) is 0 Å². The maximum absolute atomic E-state index is 12.1. The van der Waals surface area contributed by atoms with Crippen molar-refractivity contribution in [2.24, 2.45) is 0 Å². The third-order valence-corrected chi connectivity index (χ3v) is 5.03. The van der Waals surface area contributed by atoms with Gasteiger partial charge in [0.15, 0.2) is 5.16 Å². The van der Waals surface area contributed by atoms with Gasteiger partial charge in [0.1, 0.15) is 5.75 Å². The highest BCUT2D eigenvalue weighted by atomic mass is 35.5. The van der Waals surface area contributed by atoms with Crippen molar-refractivity contribution in [3.63, 3.8) is 0 Å². The number of fused-ring (bicyclic) bond motifs is 1. The number of hydrogen-bond acceptors (Lipinski definition) is 4. The fourth-order valence-corrected chi connectivity index (χ4v) is 3.52. The predicted molar refractivity (Wildman–Crippen MR) is 106 cm³/mol. The van der Waals surface area contributed by atoms with Crippen molar-refractivity contribution in [3.05, 3.63) is 52.0 Å². The Morgan fingerprint density at radius 2 is 2.12 bits per heavy atom. The van der Waals surface area contributed by atoms with Gasteiger partial charge in [0, 0.05) is 22.7 Å². The summed E-state index contributed by atoms with van der Waals surface area (Å²) in [6.07, 6.45) is 0. The van der Waals surface area contributed by atoms with E-state index in [1.54, 1.807) is 18.2 Å². The van der Waals surface area contributed by atoms with Crippen LogP contribution in [0.3, 0.4) is 0 Å². The molecule has 0 unspecified atom stereocenters. The SMILES string of the molecule is CCOc1ccc2nc(SCC(=O)NCc3ccc(Cl)cc3Cl)[nH]c2c1. The second-order valence-corrected chi connectivity index (χ2v) is 7.26. The van der Waals surface area contributed by atoms with Crippen LogP contribution in [-0.2, 0) is 11.3 Å². The molecule has 0 saturated carbocycles. The number of nitrogens with zero attached hydrogens (tertiary/aromatic N) is 1. The van der Waals surface area contributed by atoms with E-state index in [1.807, 2.05) is 25.1 Å². The molecule has 1 aromatic heterocycles. The van der Waals surface area contributed by atoms with Crippen LogP contribution in [0.5, 0.6) is 5.75 Å². The molecule has 0 aliphatic carbocycles. The van der Waals surface area contributed by atoms with Gasteiger partial charge in [-0.3, -0.25) is 4.79 Å². The zero-order chi connectivity index (χ0) is 18.5. The quantitative estimate of drug-likeness (QED) is 0.556. The number of carbonyl (C=O) groups is 1. The number of thioether (sulfide) groups is 1. The summed E-state index contributed by atoms with van der Waals surface area (Å²) in [4.78, 5) is 19.7. The molecule has 0 fully saturated rings. The molecule has 136 valence electrons. The van der Waals surface area contributed by atoms with Crippen molar-refractivity contribution in [2.45, 2.75) is 18.6 Å². The lowest BCUT2D eigenvalue weighted by atomic mass is 10.2. The molecule has 0 radical (unpaired) electrons. The number of carbonyl (C=O) groups excluding carboxylic acids is 1. The van der Waals surface area contributed by atoms with Crippen molar-refractivity contribution in [2.75, 3.05) is 12.4 Å². The number of imidazole rings is 1. The van der Waals surface area contributed by atoms with E-state index in [2.05, 4.69) is 15.3 Å². The average Bonchev–Trinajstić information content (AvgIpc) is 3.02. The lowest BCUT2D eigenvalue weighted by molar-refractivity contribution is -0.118. The van der Waals surface area contributed by atoms with E-state index in [0.29, 0.717) is 28.4 Å². The number of hydrogen-bond donors (Lipinski definition) is 2. The topological polar surface area (TPSA) is 67.0 Å². The van der Waals surface area contributed by atoms with Crippen LogP contribution >= 0.6 is 35.0 Å². The number of aromatic nitrogens is 2. The van der Waals surface area contributed by atoms with Crippen molar-refractivity contribution in [3.8, 4) is 5.75 Å². The summed E-state index contributed by atoms with van der Waals surface area (Å²) in [6.45, 7) is 2.90. The minimum absolute atomic E-state index is 0.100. The Labute approximate surface area is 165 Å². The largest absolute Gasteiger partial charge is 0.494 e. The van der Waals surface area contributed by atoms with Crippen LogP contribution in [0.4, 0.5) is 0 Å². The van der Waals surface area contributed by atoms with Gasteiger partial charge >= 0.3 is 0 Å². The zero-order valence-electron chi connectivity index (χ0n) is 14.0. The summed E-state index contributed by atoms with van der Waals surface area (Å²) in [6, 6.07) is 10.9. The zero-order valence-corrected chi connectivity index (χ0v) is 16.3. The molecule has 0 spiro atoms. The summed E-state index contributed by atoms with van der Waals surface area (Å²) < 4.78 is 5.47. The number of halogens is 2. The number of H-pyrrole nitrogens is 1. The van der Waals surface area contributed by atoms with E-state index in [1.165, 1.54) is 11.8 Å². The Morgan fingerprint density at radius 1 is 1.27 bits per heavy atom. The summed E-state index contributed by atoms with van der Waals surface area (Å²) >= 11 is 13.3. The standard InChI is InChI=1S/C18H17Cl2N3O2S/c1-2-25-13-5-6-15-16(8-13)23-18(22-15)26-10-17(24)21-9-11-3-4-12(19)7-14(11)20/h3-8H,2,9-10H2,1H3,(H,21,24)(H,22,23). The van der Waals surface area contributed by atoms with E-state index in [0.717, 1.165) is 22.3 Å². The van der Waals surface area contributed by atoms with Crippen LogP contribution in [0, 0.1) is 0 Å².